The van der Waals surface area contributed by atoms with Crippen LogP contribution in [0, 0.1) is 0 Å². The molecule has 0 unspecified atom stereocenters. The van der Waals surface area contributed by atoms with E-state index in [4.69, 9.17) is 10.7 Å². The third-order valence-electron chi connectivity index (χ3n) is 6.57. The number of β-amino-alcohol motifs (C(OH)–C–C–N with tert-alkyl or cyclic N) is 1. The van der Waals surface area contributed by atoms with Gasteiger partial charge in [-0.2, -0.15) is 0 Å². The number of aliphatic hydroxyl groups is 1. The first kappa shape index (κ1) is 21.0. The van der Waals surface area contributed by atoms with Crippen LogP contribution in [0.3, 0.4) is 0 Å². The van der Waals surface area contributed by atoms with Crippen LogP contribution in [0.1, 0.15) is 44.9 Å². The molecule has 1 aliphatic heterocycles. The van der Waals surface area contributed by atoms with E-state index in [1.165, 1.54) is 5.56 Å². The molecule has 4 heterocycles. The first-order valence-corrected chi connectivity index (χ1v) is 11.2. The molecule has 0 bridgehead atoms. The van der Waals surface area contributed by atoms with Crippen LogP contribution in [0.15, 0.2) is 48.7 Å². The molecule has 0 amide bonds. The summed E-state index contributed by atoms with van der Waals surface area (Å²) in [5.41, 5.74) is 10.9. The summed E-state index contributed by atoms with van der Waals surface area (Å²) >= 11 is 0. The van der Waals surface area contributed by atoms with Crippen molar-refractivity contribution < 1.29 is 5.11 Å². The molecule has 1 fully saturated rings. The van der Waals surface area contributed by atoms with Gasteiger partial charge in [0.1, 0.15) is 5.69 Å². The molecule has 0 saturated carbocycles. The van der Waals surface area contributed by atoms with E-state index in [2.05, 4.69) is 79.3 Å². The van der Waals surface area contributed by atoms with E-state index in [-0.39, 0.29) is 17.5 Å². The number of hydrogen-bond donors (Lipinski definition) is 2. The molecular formula is C25H30N6O. The summed E-state index contributed by atoms with van der Waals surface area (Å²) < 4.78 is 2.01. The molecule has 0 radical (unpaired) electrons. The highest BCUT2D eigenvalue weighted by atomic mass is 16.3. The van der Waals surface area contributed by atoms with Gasteiger partial charge < -0.3 is 10.8 Å². The van der Waals surface area contributed by atoms with Crippen LogP contribution in [0.25, 0.3) is 28.1 Å². The molecule has 3 atom stereocenters. The van der Waals surface area contributed by atoms with E-state index in [0.717, 1.165) is 33.6 Å². The van der Waals surface area contributed by atoms with Crippen molar-refractivity contribution in [3.63, 3.8) is 0 Å². The van der Waals surface area contributed by atoms with E-state index in [1.807, 2.05) is 16.5 Å². The number of nitrogens with zero attached hydrogens (tertiary/aromatic N) is 5. The normalized spacial score (nSPS) is 20.9. The number of likely N-dealkylation sites (tertiary alicyclic amines) is 1. The molecule has 4 aromatic rings. The third-order valence-corrected chi connectivity index (χ3v) is 6.57. The van der Waals surface area contributed by atoms with Gasteiger partial charge in [-0.15, -0.1) is 10.2 Å². The van der Waals surface area contributed by atoms with Crippen molar-refractivity contribution in [1.82, 2.24) is 24.5 Å². The minimum absolute atomic E-state index is 0.0121. The Morgan fingerprint density at radius 2 is 1.88 bits per heavy atom. The van der Waals surface area contributed by atoms with Crippen molar-refractivity contribution in [2.75, 3.05) is 13.1 Å². The van der Waals surface area contributed by atoms with Crippen molar-refractivity contribution in [2.24, 2.45) is 5.73 Å². The molecule has 0 aliphatic carbocycles. The fourth-order valence-corrected chi connectivity index (χ4v) is 4.58. The Hall–Kier alpha value is -2.87. The molecule has 7 nitrogen and oxygen atoms in total. The van der Waals surface area contributed by atoms with Crippen molar-refractivity contribution in [3.05, 3.63) is 59.8 Å². The first-order valence-electron chi connectivity index (χ1n) is 11.2. The Balaban J connectivity index is 1.58. The second-order valence-electron chi connectivity index (χ2n) is 9.90. The van der Waals surface area contributed by atoms with Crippen molar-refractivity contribution >= 4 is 16.6 Å². The van der Waals surface area contributed by atoms with Gasteiger partial charge in [-0.1, -0.05) is 51.1 Å². The van der Waals surface area contributed by atoms with E-state index in [0.29, 0.717) is 13.1 Å². The summed E-state index contributed by atoms with van der Waals surface area (Å²) in [6.45, 7) is 10.0. The molecule has 7 heteroatoms. The fourth-order valence-electron chi connectivity index (χ4n) is 4.58. The molecule has 5 rings (SSSR count). The van der Waals surface area contributed by atoms with Crippen LogP contribution in [-0.4, -0.2) is 54.8 Å². The Bertz CT molecular complexity index is 1280. The Labute approximate surface area is 187 Å². The van der Waals surface area contributed by atoms with Crippen LogP contribution in [-0.2, 0) is 5.41 Å². The van der Waals surface area contributed by atoms with Crippen molar-refractivity contribution in [1.29, 1.82) is 0 Å². The maximum Gasteiger partial charge on any atom is 0.187 e. The number of para-hydroxylation sites is 1. The van der Waals surface area contributed by atoms with Crippen LogP contribution in [0.4, 0.5) is 0 Å². The predicted molar refractivity (Wildman–Crippen MR) is 126 cm³/mol. The highest BCUT2D eigenvalue weighted by molar-refractivity contribution is 5.84. The second kappa shape index (κ2) is 7.62. The van der Waals surface area contributed by atoms with Crippen LogP contribution in [0.5, 0.6) is 0 Å². The van der Waals surface area contributed by atoms with Crippen LogP contribution in [0.2, 0.25) is 0 Å². The lowest BCUT2D eigenvalue weighted by Gasteiger charge is -2.24. The monoisotopic (exact) mass is 430 g/mol. The van der Waals surface area contributed by atoms with Crippen LogP contribution < -0.4 is 5.73 Å². The molecule has 166 valence electrons. The lowest BCUT2D eigenvalue weighted by molar-refractivity contribution is 0.155. The van der Waals surface area contributed by atoms with Gasteiger partial charge in [-0.25, -0.2) is 4.98 Å². The average Bonchev–Trinajstić information content (AvgIpc) is 3.34. The molecule has 32 heavy (non-hydrogen) atoms. The van der Waals surface area contributed by atoms with Gasteiger partial charge in [0.05, 0.1) is 11.6 Å². The highest BCUT2D eigenvalue weighted by Gasteiger charge is 2.32. The lowest BCUT2D eigenvalue weighted by Crippen LogP contribution is -2.32. The van der Waals surface area contributed by atoms with Gasteiger partial charge in [0, 0.05) is 36.8 Å². The number of rotatable bonds is 3. The summed E-state index contributed by atoms with van der Waals surface area (Å²) in [6, 6.07) is 14.4. The smallest absolute Gasteiger partial charge is 0.187 e. The van der Waals surface area contributed by atoms with Crippen molar-refractivity contribution in [3.8, 4) is 11.5 Å². The molecular weight excluding hydrogens is 400 g/mol. The van der Waals surface area contributed by atoms with Crippen molar-refractivity contribution in [2.45, 2.75) is 51.3 Å². The average molecular weight is 431 g/mol. The Morgan fingerprint density at radius 1 is 1.06 bits per heavy atom. The fraction of sp³-hybridized carbons (Fsp3) is 0.400. The number of nitrogens with two attached hydrogens (primary N) is 1. The zero-order valence-corrected chi connectivity index (χ0v) is 19.0. The standard InChI is InChI=1S/C25H30N6O/c1-15(30-13-19(26)21(32)14-30)17-9-11-22-28-29-24(31(22)12-17)20-10-8-16-6-5-7-18(23(16)27-20)25(2,3)4/h5-12,15,19,21,32H,13-14,26H2,1-4H3/t15-,19+,21+/m0/s1. The van der Waals surface area contributed by atoms with Crippen LogP contribution >= 0.6 is 0 Å². The van der Waals surface area contributed by atoms with E-state index in [1.54, 1.807) is 0 Å². The van der Waals surface area contributed by atoms with E-state index in [9.17, 15) is 5.11 Å². The Morgan fingerprint density at radius 3 is 2.59 bits per heavy atom. The van der Waals surface area contributed by atoms with Gasteiger partial charge in [0.2, 0.25) is 0 Å². The Kier molecular flexibility index (Phi) is 5.00. The number of hydrogen-bond acceptors (Lipinski definition) is 6. The summed E-state index contributed by atoms with van der Waals surface area (Å²) in [6.07, 6.45) is 1.60. The minimum Gasteiger partial charge on any atom is -0.390 e. The second-order valence-corrected chi connectivity index (χ2v) is 9.90. The highest BCUT2D eigenvalue weighted by Crippen LogP contribution is 2.31. The molecule has 1 aromatic carbocycles. The van der Waals surface area contributed by atoms with Gasteiger partial charge in [-0.3, -0.25) is 9.30 Å². The van der Waals surface area contributed by atoms with E-state index >= 15 is 0 Å². The van der Waals surface area contributed by atoms with E-state index < -0.39 is 6.10 Å². The minimum atomic E-state index is -0.481. The maximum atomic E-state index is 10.1. The number of pyridine rings is 2. The van der Waals surface area contributed by atoms with Gasteiger partial charge in [0.15, 0.2) is 11.5 Å². The summed E-state index contributed by atoms with van der Waals surface area (Å²) in [5.74, 6) is 0.720. The lowest BCUT2D eigenvalue weighted by atomic mass is 9.85. The largest absolute Gasteiger partial charge is 0.390 e. The SMILES string of the molecule is C[C@@H](c1ccc2nnc(-c3ccc4cccc(C(C)(C)C)c4n3)n2c1)N1C[C@@H](N)[C@H](O)C1. The van der Waals surface area contributed by atoms with Gasteiger partial charge >= 0.3 is 0 Å². The van der Waals surface area contributed by atoms with Gasteiger partial charge in [-0.05, 0) is 35.6 Å². The zero-order valence-electron chi connectivity index (χ0n) is 19.0. The first-order chi connectivity index (χ1) is 15.2. The number of fused-ring (bicyclic) bond motifs is 2. The number of aromatic nitrogens is 4. The maximum absolute atomic E-state index is 10.1. The predicted octanol–water partition coefficient (Wildman–Crippen LogP) is 3.31. The molecule has 1 saturated heterocycles. The summed E-state index contributed by atoms with van der Waals surface area (Å²) in [5, 5.41) is 20.0. The molecule has 1 aliphatic rings. The summed E-state index contributed by atoms with van der Waals surface area (Å²) in [4.78, 5) is 7.24. The number of benzene rings is 1. The third kappa shape index (κ3) is 3.56. The van der Waals surface area contributed by atoms with Gasteiger partial charge in [0.25, 0.3) is 0 Å². The molecule has 3 aromatic heterocycles. The molecule has 3 N–H and O–H groups in total. The summed E-state index contributed by atoms with van der Waals surface area (Å²) in [7, 11) is 0. The quantitative estimate of drug-likeness (QED) is 0.518. The zero-order chi connectivity index (χ0) is 22.6. The number of aliphatic hydroxyl groups excluding tert-OH is 1. The topological polar surface area (TPSA) is 92.6 Å². The molecule has 0 spiro atoms.